The Hall–Kier alpha value is -1.66. The number of nitrogens with two attached hydrogens (primary N) is 1. The lowest BCUT2D eigenvalue weighted by Gasteiger charge is -2.18. The highest BCUT2D eigenvalue weighted by Gasteiger charge is 2.13. The number of pyridine rings is 1. The van der Waals surface area contributed by atoms with Crippen LogP contribution >= 0.6 is 11.5 Å². The van der Waals surface area contributed by atoms with Crippen LogP contribution in [0.1, 0.15) is 13.8 Å². The summed E-state index contributed by atoms with van der Waals surface area (Å²) in [5.74, 6) is 0.563. The third-order valence-corrected chi connectivity index (χ3v) is 4.10. The molecule has 2 aromatic rings. The molecule has 2 heterocycles. The number of likely N-dealkylation sites (N-methyl/N-ethyl adjacent to an activating group) is 1. The zero-order valence-corrected chi connectivity index (χ0v) is 12.8. The van der Waals surface area contributed by atoms with Crippen molar-refractivity contribution in [3.63, 3.8) is 0 Å². The highest BCUT2D eigenvalue weighted by Crippen LogP contribution is 2.35. The summed E-state index contributed by atoms with van der Waals surface area (Å²) in [4.78, 5) is 6.52. The van der Waals surface area contributed by atoms with Gasteiger partial charge in [0.05, 0.1) is 5.56 Å². The lowest BCUT2D eigenvalue weighted by atomic mass is 10.1. The summed E-state index contributed by atoms with van der Waals surface area (Å²) in [6, 6.07) is 3.91. The van der Waals surface area contributed by atoms with E-state index in [2.05, 4.69) is 33.4 Å². The topological polar surface area (TPSA) is 67.1 Å². The van der Waals surface area contributed by atoms with Gasteiger partial charge in [-0.1, -0.05) is 19.9 Å². The summed E-state index contributed by atoms with van der Waals surface area (Å²) in [6.45, 7) is 8.38. The quantitative estimate of drug-likeness (QED) is 0.820. The molecule has 0 aliphatic carbocycles. The summed E-state index contributed by atoms with van der Waals surface area (Å²) >= 11 is 1.41. The van der Waals surface area contributed by atoms with E-state index in [4.69, 9.17) is 5.73 Å². The number of anilines is 2. The molecule has 3 N–H and O–H groups in total. The molecule has 0 spiro atoms. The summed E-state index contributed by atoms with van der Waals surface area (Å²) < 4.78 is 4.25. The minimum atomic E-state index is 0.563. The number of aromatic nitrogens is 2. The molecular formula is C14H21N5S. The predicted octanol–water partition coefficient (Wildman–Crippen LogP) is 2.54. The second kappa shape index (κ2) is 7.21. The van der Waals surface area contributed by atoms with Crippen LogP contribution in [0.2, 0.25) is 0 Å². The van der Waals surface area contributed by atoms with Gasteiger partial charge in [0.2, 0.25) is 0 Å². The van der Waals surface area contributed by atoms with Crippen LogP contribution in [-0.2, 0) is 0 Å². The Balaban J connectivity index is 2.06. The van der Waals surface area contributed by atoms with Crippen molar-refractivity contribution in [2.24, 2.45) is 0 Å². The minimum Gasteiger partial charge on any atom is -0.382 e. The average molecular weight is 291 g/mol. The first kappa shape index (κ1) is 14.7. The molecule has 108 valence electrons. The molecule has 0 aliphatic rings. The number of hydrogen-bond donors (Lipinski definition) is 2. The van der Waals surface area contributed by atoms with Gasteiger partial charge in [0.25, 0.3) is 0 Å². The normalized spacial score (nSPS) is 10.9. The Bertz CT molecular complexity index is 522. The monoisotopic (exact) mass is 291 g/mol. The van der Waals surface area contributed by atoms with Gasteiger partial charge in [-0.25, -0.2) is 0 Å². The fraction of sp³-hybridized carbons (Fsp3) is 0.429. The first-order chi connectivity index (χ1) is 9.76. The van der Waals surface area contributed by atoms with Crippen LogP contribution < -0.4 is 11.1 Å². The molecule has 0 aromatic carbocycles. The molecular weight excluding hydrogens is 270 g/mol. The molecule has 20 heavy (non-hydrogen) atoms. The molecule has 0 saturated carbocycles. The van der Waals surface area contributed by atoms with E-state index in [-0.39, 0.29) is 0 Å². The minimum absolute atomic E-state index is 0.563. The summed E-state index contributed by atoms with van der Waals surface area (Å²) in [5, 5.41) is 4.45. The van der Waals surface area contributed by atoms with Crippen molar-refractivity contribution in [1.82, 2.24) is 14.3 Å². The number of rotatable bonds is 7. The van der Waals surface area contributed by atoms with Crippen molar-refractivity contribution in [1.29, 1.82) is 0 Å². The van der Waals surface area contributed by atoms with Crippen LogP contribution in [0.4, 0.5) is 10.8 Å². The van der Waals surface area contributed by atoms with E-state index in [1.807, 2.05) is 18.3 Å². The van der Waals surface area contributed by atoms with E-state index in [1.165, 1.54) is 11.5 Å². The van der Waals surface area contributed by atoms with Crippen LogP contribution in [0.3, 0.4) is 0 Å². The van der Waals surface area contributed by atoms with Crippen molar-refractivity contribution in [3.05, 3.63) is 24.5 Å². The summed E-state index contributed by atoms with van der Waals surface area (Å²) in [6.07, 6.45) is 3.57. The maximum atomic E-state index is 5.98. The standard InChI is InChI=1S/C14H21N5S/c1-3-19(4-2)9-8-17-14-12(13(15)18-20-14)11-6-5-7-16-10-11/h5-7,10,17H,3-4,8-9H2,1-2H3,(H2,15,18). The molecule has 0 unspecified atom stereocenters. The third-order valence-electron chi connectivity index (χ3n) is 3.28. The predicted molar refractivity (Wildman–Crippen MR) is 86.0 cm³/mol. The van der Waals surface area contributed by atoms with Crippen LogP contribution in [0.25, 0.3) is 11.1 Å². The van der Waals surface area contributed by atoms with Gasteiger partial charge in [0.1, 0.15) is 10.8 Å². The number of nitrogens with one attached hydrogen (secondary N) is 1. The van der Waals surface area contributed by atoms with Crippen LogP contribution in [0.5, 0.6) is 0 Å². The number of hydrogen-bond acceptors (Lipinski definition) is 6. The Kier molecular flexibility index (Phi) is 5.31. The highest BCUT2D eigenvalue weighted by atomic mass is 32.1. The fourth-order valence-corrected chi connectivity index (χ4v) is 2.84. The van der Waals surface area contributed by atoms with Gasteiger partial charge in [-0.15, -0.1) is 0 Å². The van der Waals surface area contributed by atoms with Crippen molar-refractivity contribution in [3.8, 4) is 11.1 Å². The molecule has 0 bridgehead atoms. The number of nitrogen functional groups attached to an aromatic ring is 1. The van der Waals surface area contributed by atoms with Crippen LogP contribution in [0, 0.1) is 0 Å². The van der Waals surface area contributed by atoms with Crippen LogP contribution in [-0.4, -0.2) is 40.4 Å². The molecule has 5 nitrogen and oxygen atoms in total. The second-order valence-electron chi connectivity index (χ2n) is 4.47. The lowest BCUT2D eigenvalue weighted by molar-refractivity contribution is 0.316. The molecule has 0 amide bonds. The van der Waals surface area contributed by atoms with Gasteiger partial charge in [0.15, 0.2) is 0 Å². The Labute approximate surface area is 124 Å². The molecule has 2 rings (SSSR count). The maximum Gasteiger partial charge on any atom is 0.147 e. The van der Waals surface area contributed by atoms with Gasteiger partial charge in [0, 0.05) is 31.0 Å². The van der Waals surface area contributed by atoms with Gasteiger partial charge < -0.3 is 16.0 Å². The molecule has 0 fully saturated rings. The van der Waals surface area contributed by atoms with Crippen molar-refractivity contribution in [2.75, 3.05) is 37.2 Å². The zero-order valence-electron chi connectivity index (χ0n) is 12.0. The summed E-state index contributed by atoms with van der Waals surface area (Å²) in [5.41, 5.74) is 7.94. The van der Waals surface area contributed by atoms with Gasteiger partial charge in [-0.05, 0) is 30.7 Å². The Morgan fingerprint density at radius 3 is 2.80 bits per heavy atom. The molecule has 6 heteroatoms. The van der Waals surface area contributed by atoms with E-state index >= 15 is 0 Å². The van der Waals surface area contributed by atoms with Gasteiger partial charge in [-0.2, -0.15) is 4.37 Å². The fourth-order valence-electron chi connectivity index (χ4n) is 2.08. The van der Waals surface area contributed by atoms with Crippen LogP contribution in [0.15, 0.2) is 24.5 Å². The van der Waals surface area contributed by atoms with Crippen molar-refractivity contribution >= 4 is 22.4 Å². The van der Waals surface area contributed by atoms with Crippen molar-refractivity contribution in [2.45, 2.75) is 13.8 Å². The first-order valence-corrected chi connectivity index (χ1v) is 7.65. The second-order valence-corrected chi connectivity index (χ2v) is 5.24. The van der Waals surface area contributed by atoms with Gasteiger partial charge in [-0.3, -0.25) is 4.98 Å². The molecule has 2 aromatic heterocycles. The third kappa shape index (κ3) is 3.46. The molecule has 0 aliphatic heterocycles. The number of nitrogens with zero attached hydrogens (tertiary/aromatic N) is 3. The zero-order chi connectivity index (χ0) is 14.4. The molecule has 0 radical (unpaired) electrons. The van der Waals surface area contributed by atoms with E-state index in [0.29, 0.717) is 5.82 Å². The molecule has 0 saturated heterocycles. The summed E-state index contributed by atoms with van der Waals surface area (Å²) in [7, 11) is 0. The molecule has 0 atom stereocenters. The van der Waals surface area contributed by atoms with E-state index in [1.54, 1.807) is 6.20 Å². The Morgan fingerprint density at radius 2 is 2.15 bits per heavy atom. The van der Waals surface area contributed by atoms with E-state index in [0.717, 1.165) is 42.3 Å². The van der Waals surface area contributed by atoms with E-state index < -0.39 is 0 Å². The first-order valence-electron chi connectivity index (χ1n) is 6.88. The Morgan fingerprint density at radius 1 is 1.35 bits per heavy atom. The largest absolute Gasteiger partial charge is 0.382 e. The average Bonchev–Trinajstić information content (AvgIpc) is 2.85. The maximum absolute atomic E-state index is 5.98. The smallest absolute Gasteiger partial charge is 0.147 e. The van der Waals surface area contributed by atoms with Crippen molar-refractivity contribution < 1.29 is 0 Å². The van der Waals surface area contributed by atoms with Gasteiger partial charge >= 0.3 is 0 Å². The highest BCUT2D eigenvalue weighted by molar-refractivity contribution is 7.11. The lowest BCUT2D eigenvalue weighted by Crippen LogP contribution is -2.28. The van der Waals surface area contributed by atoms with E-state index in [9.17, 15) is 0 Å². The SMILES string of the molecule is CCN(CC)CCNc1snc(N)c1-c1cccnc1.